The van der Waals surface area contributed by atoms with Crippen LogP contribution in [0.2, 0.25) is 0 Å². The summed E-state index contributed by atoms with van der Waals surface area (Å²) in [6.45, 7) is 1.45. The number of nitrogens with one attached hydrogen (secondary N) is 1. The van der Waals surface area contributed by atoms with Gasteiger partial charge in [-0.2, -0.15) is 0 Å². The number of aliphatic carboxylic acids is 1. The van der Waals surface area contributed by atoms with Crippen LogP contribution in [0.15, 0.2) is 12.1 Å². The normalized spacial score (nSPS) is 21.8. The number of carbonyl (C=O) groups excluding carboxylic acids is 1. The second-order valence-electron chi connectivity index (χ2n) is 5.07. The van der Waals surface area contributed by atoms with Gasteiger partial charge < -0.3 is 10.4 Å². The molecule has 1 amide bonds. The van der Waals surface area contributed by atoms with E-state index in [0.29, 0.717) is 12.8 Å². The molecule has 2 atom stereocenters. The first kappa shape index (κ1) is 14.4. The van der Waals surface area contributed by atoms with Crippen LogP contribution in [0.5, 0.6) is 0 Å². The monoisotopic (exact) mass is 283 g/mol. The molecule has 0 aliphatic heterocycles. The number of rotatable bonds is 3. The minimum Gasteiger partial charge on any atom is -0.481 e. The number of carbonyl (C=O) groups is 2. The molecule has 4 nitrogen and oxygen atoms in total. The maximum absolute atomic E-state index is 13.8. The predicted octanol–water partition coefficient (Wildman–Crippen LogP) is 2.26. The van der Waals surface area contributed by atoms with Crippen molar-refractivity contribution in [3.05, 3.63) is 34.9 Å². The van der Waals surface area contributed by atoms with E-state index >= 15 is 0 Å². The summed E-state index contributed by atoms with van der Waals surface area (Å²) in [5, 5.41) is 11.4. The minimum absolute atomic E-state index is 0.186. The molecule has 1 saturated carbocycles. The predicted molar refractivity (Wildman–Crippen MR) is 67.3 cm³/mol. The Labute approximate surface area is 114 Å². The zero-order valence-electron chi connectivity index (χ0n) is 11.0. The van der Waals surface area contributed by atoms with Crippen LogP contribution in [0.4, 0.5) is 8.78 Å². The molecule has 0 radical (unpaired) electrons. The van der Waals surface area contributed by atoms with E-state index in [-0.39, 0.29) is 18.0 Å². The molecule has 0 heterocycles. The minimum atomic E-state index is -0.918. The van der Waals surface area contributed by atoms with E-state index in [2.05, 4.69) is 5.32 Å². The SMILES string of the molecule is Cc1ccc(F)c(C(=O)N[C@H]2CC[C@@H](C(=O)O)C2)c1F. The molecule has 1 aliphatic rings. The molecular weight excluding hydrogens is 268 g/mol. The van der Waals surface area contributed by atoms with Crippen molar-refractivity contribution < 1.29 is 23.5 Å². The van der Waals surface area contributed by atoms with E-state index < -0.39 is 35.0 Å². The van der Waals surface area contributed by atoms with Crippen molar-refractivity contribution in [2.75, 3.05) is 0 Å². The Balaban J connectivity index is 2.10. The third kappa shape index (κ3) is 2.79. The van der Waals surface area contributed by atoms with Gasteiger partial charge in [-0.05, 0) is 37.8 Å². The summed E-state index contributed by atoms with van der Waals surface area (Å²) < 4.78 is 27.4. The van der Waals surface area contributed by atoms with Crippen LogP contribution in [-0.4, -0.2) is 23.0 Å². The van der Waals surface area contributed by atoms with E-state index in [9.17, 15) is 18.4 Å². The summed E-state index contributed by atoms with van der Waals surface area (Å²) >= 11 is 0. The van der Waals surface area contributed by atoms with Crippen LogP contribution in [0, 0.1) is 24.5 Å². The van der Waals surface area contributed by atoms with Gasteiger partial charge in [-0.25, -0.2) is 8.78 Å². The highest BCUT2D eigenvalue weighted by Gasteiger charge is 2.31. The van der Waals surface area contributed by atoms with Crippen molar-refractivity contribution in [1.29, 1.82) is 0 Å². The smallest absolute Gasteiger partial charge is 0.306 e. The highest BCUT2D eigenvalue weighted by Crippen LogP contribution is 2.26. The Morgan fingerprint density at radius 3 is 2.60 bits per heavy atom. The Kier molecular flexibility index (Phi) is 4.01. The largest absolute Gasteiger partial charge is 0.481 e. The van der Waals surface area contributed by atoms with Crippen LogP contribution < -0.4 is 5.32 Å². The molecule has 0 saturated heterocycles. The third-order valence-corrected chi connectivity index (χ3v) is 3.63. The number of carboxylic acid groups (broad SMARTS) is 1. The van der Waals surface area contributed by atoms with Crippen molar-refractivity contribution in [2.45, 2.75) is 32.2 Å². The quantitative estimate of drug-likeness (QED) is 0.894. The summed E-state index contributed by atoms with van der Waals surface area (Å²) in [4.78, 5) is 22.8. The van der Waals surface area contributed by atoms with Crippen LogP contribution >= 0.6 is 0 Å². The lowest BCUT2D eigenvalue weighted by atomic mass is 10.1. The van der Waals surface area contributed by atoms with Crippen molar-refractivity contribution in [2.24, 2.45) is 5.92 Å². The van der Waals surface area contributed by atoms with Gasteiger partial charge in [0.05, 0.1) is 5.92 Å². The number of aryl methyl sites for hydroxylation is 1. The van der Waals surface area contributed by atoms with Crippen LogP contribution in [0.3, 0.4) is 0 Å². The lowest BCUT2D eigenvalue weighted by molar-refractivity contribution is -0.141. The zero-order valence-corrected chi connectivity index (χ0v) is 11.0. The fourth-order valence-corrected chi connectivity index (χ4v) is 2.46. The molecule has 1 aromatic carbocycles. The van der Waals surface area contributed by atoms with E-state index in [0.717, 1.165) is 6.07 Å². The van der Waals surface area contributed by atoms with Crippen LogP contribution in [0.25, 0.3) is 0 Å². The molecule has 2 N–H and O–H groups in total. The molecule has 1 fully saturated rings. The van der Waals surface area contributed by atoms with Gasteiger partial charge in [-0.3, -0.25) is 9.59 Å². The van der Waals surface area contributed by atoms with Crippen LogP contribution in [0.1, 0.15) is 35.2 Å². The van der Waals surface area contributed by atoms with Gasteiger partial charge in [0.1, 0.15) is 17.2 Å². The van der Waals surface area contributed by atoms with E-state index in [1.54, 1.807) is 0 Å². The lowest BCUT2D eigenvalue weighted by Gasteiger charge is -2.14. The Bertz CT molecular complexity index is 560. The number of amides is 1. The lowest BCUT2D eigenvalue weighted by Crippen LogP contribution is -2.34. The van der Waals surface area contributed by atoms with Gasteiger partial charge in [-0.1, -0.05) is 6.07 Å². The molecular formula is C14H15F2NO3. The summed E-state index contributed by atoms with van der Waals surface area (Å²) in [5.41, 5.74) is -0.421. The van der Waals surface area contributed by atoms with Gasteiger partial charge in [0.25, 0.3) is 5.91 Å². The van der Waals surface area contributed by atoms with E-state index in [1.807, 2.05) is 0 Å². The van der Waals surface area contributed by atoms with Crippen LogP contribution in [-0.2, 0) is 4.79 Å². The molecule has 0 aromatic heterocycles. The second kappa shape index (κ2) is 5.56. The van der Waals surface area contributed by atoms with E-state index in [1.165, 1.54) is 13.0 Å². The molecule has 6 heteroatoms. The Morgan fingerprint density at radius 2 is 2.00 bits per heavy atom. The Morgan fingerprint density at radius 1 is 1.30 bits per heavy atom. The molecule has 0 spiro atoms. The highest BCUT2D eigenvalue weighted by molar-refractivity contribution is 5.95. The number of hydrogen-bond donors (Lipinski definition) is 2. The molecule has 0 bridgehead atoms. The van der Waals surface area contributed by atoms with Gasteiger partial charge in [-0.15, -0.1) is 0 Å². The second-order valence-corrected chi connectivity index (χ2v) is 5.07. The van der Waals surface area contributed by atoms with E-state index in [4.69, 9.17) is 5.11 Å². The topological polar surface area (TPSA) is 66.4 Å². The number of halogens is 2. The standard InChI is InChI=1S/C14H15F2NO3/c1-7-2-5-10(15)11(12(7)16)13(18)17-9-4-3-8(6-9)14(19)20/h2,5,8-9H,3-4,6H2,1H3,(H,17,18)(H,19,20)/t8-,9+/m1/s1. The van der Waals surface area contributed by atoms with Gasteiger partial charge in [0.15, 0.2) is 0 Å². The molecule has 1 aromatic rings. The fourth-order valence-electron chi connectivity index (χ4n) is 2.46. The highest BCUT2D eigenvalue weighted by atomic mass is 19.1. The van der Waals surface area contributed by atoms with Gasteiger partial charge >= 0.3 is 5.97 Å². The molecule has 0 unspecified atom stereocenters. The van der Waals surface area contributed by atoms with Gasteiger partial charge in [0.2, 0.25) is 0 Å². The fraction of sp³-hybridized carbons (Fsp3) is 0.429. The molecule has 2 rings (SSSR count). The maximum atomic E-state index is 13.8. The average Bonchev–Trinajstić information content (AvgIpc) is 2.83. The van der Waals surface area contributed by atoms with Gasteiger partial charge in [0, 0.05) is 6.04 Å². The average molecular weight is 283 g/mol. The summed E-state index contributed by atoms with van der Waals surface area (Å²) in [7, 11) is 0. The summed E-state index contributed by atoms with van der Waals surface area (Å²) in [6.07, 6.45) is 1.24. The first-order chi connectivity index (χ1) is 9.40. The first-order valence-corrected chi connectivity index (χ1v) is 6.38. The number of hydrogen-bond acceptors (Lipinski definition) is 2. The summed E-state index contributed by atoms with van der Waals surface area (Å²) in [5.74, 6) is -4.05. The molecule has 1 aliphatic carbocycles. The maximum Gasteiger partial charge on any atom is 0.306 e. The van der Waals surface area contributed by atoms with Crippen molar-refractivity contribution in [3.63, 3.8) is 0 Å². The number of benzene rings is 1. The third-order valence-electron chi connectivity index (χ3n) is 3.63. The van der Waals surface area contributed by atoms with Crippen molar-refractivity contribution in [3.8, 4) is 0 Å². The van der Waals surface area contributed by atoms with Crippen molar-refractivity contribution in [1.82, 2.24) is 5.32 Å². The number of carboxylic acids is 1. The summed E-state index contributed by atoms with van der Waals surface area (Å²) in [6, 6.07) is 1.95. The van der Waals surface area contributed by atoms with Crippen molar-refractivity contribution >= 4 is 11.9 Å². The Hall–Kier alpha value is -1.98. The molecule has 20 heavy (non-hydrogen) atoms. The first-order valence-electron chi connectivity index (χ1n) is 6.38. The molecule has 108 valence electrons. The zero-order chi connectivity index (χ0) is 14.9.